The van der Waals surface area contributed by atoms with Crippen LogP contribution in [-0.2, 0) is 9.53 Å². The smallest absolute Gasteiger partial charge is 0.338 e. The monoisotopic (exact) mass is 564 g/mol. The topological polar surface area (TPSA) is 60.7 Å². The van der Waals surface area contributed by atoms with E-state index in [-0.39, 0.29) is 12.2 Å². The minimum Gasteiger partial charge on any atom is -0.463 e. The van der Waals surface area contributed by atoms with Gasteiger partial charge in [0.1, 0.15) is 0 Å². The molecule has 4 rings (SSSR count). The predicted octanol–water partition coefficient (Wildman–Crippen LogP) is 4.06. The number of rotatable bonds is 4. The molecule has 0 unspecified atom stereocenters. The summed E-state index contributed by atoms with van der Waals surface area (Å²) in [5.74, 6) is -0.476. The molecule has 1 aromatic heterocycles. The molecular formula is C23H18ClIN2O3S. The fourth-order valence-electron chi connectivity index (χ4n) is 3.46. The molecule has 1 aliphatic rings. The number of aromatic nitrogens is 1. The third kappa shape index (κ3) is 4.40. The molecule has 1 aliphatic heterocycles. The van der Waals surface area contributed by atoms with E-state index in [9.17, 15) is 9.59 Å². The number of esters is 1. The molecule has 0 saturated carbocycles. The Kier molecular flexibility index (Phi) is 6.45. The van der Waals surface area contributed by atoms with Crippen LogP contribution in [0, 0.1) is 3.57 Å². The number of halogens is 2. The van der Waals surface area contributed by atoms with Crippen molar-refractivity contribution < 1.29 is 9.53 Å². The van der Waals surface area contributed by atoms with Crippen molar-refractivity contribution in [2.45, 2.75) is 19.9 Å². The van der Waals surface area contributed by atoms with Gasteiger partial charge < -0.3 is 4.74 Å². The van der Waals surface area contributed by atoms with E-state index in [1.165, 1.54) is 11.3 Å². The van der Waals surface area contributed by atoms with Crippen LogP contribution in [-0.4, -0.2) is 17.1 Å². The molecule has 2 aromatic carbocycles. The maximum atomic E-state index is 13.4. The van der Waals surface area contributed by atoms with Crippen LogP contribution in [0.25, 0.3) is 6.08 Å². The van der Waals surface area contributed by atoms with E-state index >= 15 is 0 Å². The molecule has 8 heteroatoms. The third-order valence-electron chi connectivity index (χ3n) is 4.87. The minimum atomic E-state index is -0.633. The van der Waals surface area contributed by atoms with E-state index in [1.54, 1.807) is 30.5 Å². The number of carbonyl (C=O) groups excluding carboxylic acids is 1. The Morgan fingerprint density at radius 1 is 1.23 bits per heavy atom. The summed E-state index contributed by atoms with van der Waals surface area (Å²) in [6.45, 7) is 3.76. The van der Waals surface area contributed by atoms with Gasteiger partial charge in [-0.15, -0.1) is 0 Å². The molecule has 0 radical (unpaired) electrons. The highest BCUT2D eigenvalue weighted by molar-refractivity contribution is 14.1. The lowest BCUT2D eigenvalue weighted by molar-refractivity contribution is -0.139. The molecule has 2 heterocycles. The summed E-state index contributed by atoms with van der Waals surface area (Å²) in [5.41, 5.74) is 2.40. The summed E-state index contributed by atoms with van der Waals surface area (Å²) in [6.07, 6.45) is 1.85. The molecule has 0 spiro atoms. The molecule has 1 atom stereocenters. The Morgan fingerprint density at radius 3 is 2.55 bits per heavy atom. The van der Waals surface area contributed by atoms with Crippen molar-refractivity contribution in [1.82, 2.24) is 4.57 Å². The van der Waals surface area contributed by atoms with Crippen molar-refractivity contribution in [1.29, 1.82) is 0 Å². The highest BCUT2D eigenvalue weighted by Gasteiger charge is 2.33. The van der Waals surface area contributed by atoms with E-state index in [2.05, 4.69) is 27.6 Å². The van der Waals surface area contributed by atoms with E-state index in [0.29, 0.717) is 25.6 Å². The van der Waals surface area contributed by atoms with Gasteiger partial charge >= 0.3 is 5.97 Å². The summed E-state index contributed by atoms with van der Waals surface area (Å²) < 4.78 is 8.54. The number of hydrogen-bond acceptors (Lipinski definition) is 5. The van der Waals surface area contributed by atoms with Gasteiger partial charge in [-0.05, 0) is 77.9 Å². The summed E-state index contributed by atoms with van der Waals surface area (Å²) in [5, 5.41) is 0.577. The first-order chi connectivity index (χ1) is 14.9. The fraction of sp³-hybridized carbons (Fsp3) is 0.174. The number of thiazole rings is 1. The number of nitrogens with zero attached hydrogens (tertiary/aromatic N) is 2. The molecule has 0 fully saturated rings. The molecule has 5 nitrogen and oxygen atoms in total. The maximum Gasteiger partial charge on any atom is 0.338 e. The quantitative estimate of drug-likeness (QED) is 0.355. The third-order valence-corrected chi connectivity index (χ3v) is 6.82. The van der Waals surface area contributed by atoms with Gasteiger partial charge in [0.15, 0.2) is 4.80 Å². The van der Waals surface area contributed by atoms with Crippen molar-refractivity contribution in [2.75, 3.05) is 6.61 Å². The van der Waals surface area contributed by atoms with Gasteiger partial charge in [0, 0.05) is 8.59 Å². The molecule has 0 amide bonds. The summed E-state index contributed by atoms with van der Waals surface area (Å²) in [4.78, 5) is 31.4. The molecule has 0 aliphatic carbocycles. The Morgan fingerprint density at radius 2 is 1.90 bits per heavy atom. The molecule has 31 heavy (non-hydrogen) atoms. The second-order valence-electron chi connectivity index (χ2n) is 6.91. The van der Waals surface area contributed by atoms with Gasteiger partial charge in [0.25, 0.3) is 5.56 Å². The Balaban J connectivity index is 1.94. The first-order valence-corrected chi connectivity index (χ1v) is 11.9. The number of hydrogen-bond donors (Lipinski definition) is 0. The van der Waals surface area contributed by atoms with E-state index in [0.717, 1.165) is 14.7 Å². The molecular weight excluding hydrogens is 547 g/mol. The number of benzene rings is 2. The Labute approximate surface area is 201 Å². The summed E-state index contributed by atoms with van der Waals surface area (Å²) in [6, 6.07) is 14.4. The van der Waals surface area contributed by atoms with Crippen molar-refractivity contribution in [3.63, 3.8) is 0 Å². The lowest BCUT2D eigenvalue weighted by atomic mass is 9.96. The highest BCUT2D eigenvalue weighted by Crippen LogP contribution is 2.31. The van der Waals surface area contributed by atoms with Crippen LogP contribution in [0.5, 0.6) is 0 Å². The largest absolute Gasteiger partial charge is 0.463 e. The average Bonchev–Trinajstić information content (AvgIpc) is 3.04. The van der Waals surface area contributed by atoms with Crippen molar-refractivity contribution >= 4 is 57.6 Å². The first kappa shape index (κ1) is 22.0. The minimum absolute atomic E-state index is 0.198. The molecule has 0 saturated heterocycles. The summed E-state index contributed by atoms with van der Waals surface area (Å²) in [7, 11) is 0. The van der Waals surface area contributed by atoms with Crippen LogP contribution in [0.1, 0.15) is 31.0 Å². The number of carbonyl (C=O) groups is 1. The van der Waals surface area contributed by atoms with Crippen LogP contribution in [0.2, 0.25) is 5.02 Å². The van der Waals surface area contributed by atoms with Crippen LogP contribution in [0.15, 0.2) is 69.6 Å². The van der Waals surface area contributed by atoms with Gasteiger partial charge in [0.2, 0.25) is 0 Å². The predicted molar refractivity (Wildman–Crippen MR) is 131 cm³/mol. The van der Waals surface area contributed by atoms with Crippen LogP contribution in [0.3, 0.4) is 0 Å². The van der Waals surface area contributed by atoms with Gasteiger partial charge in [-0.3, -0.25) is 9.36 Å². The highest BCUT2D eigenvalue weighted by atomic mass is 127. The first-order valence-electron chi connectivity index (χ1n) is 9.59. The number of ether oxygens (including phenoxy) is 1. The van der Waals surface area contributed by atoms with Crippen molar-refractivity contribution in [2.24, 2.45) is 4.99 Å². The normalized spacial score (nSPS) is 16.1. The maximum absolute atomic E-state index is 13.4. The van der Waals surface area contributed by atoms with E-state index in [1.807, 2.05) is 42.5 Å². The van der Waals surface area contributed by atoms with Crippen molar-refractivity contribution in [3.05, 3.63) is 99.2 Å². The second kappa shape index (κ2) is 9.10. The van der Waals surface area contributed by atoms with Gasteiger partial charge in [0.05, 0.1) is 28.5 Å². The average molecular weight is 565 g/mol. The summed E-state index contributed by atoms with van der Waals surface area (Å²) >= 11 is 9.62. The fourth-order valence-corrected chi connectivity index (χ4v) is 4.99. The Hall–Kier alpha value is -2.23. The van der Waals surface area contributed by atoms with Crippen LogP contribution < -0.4 is 14.9 Å². The number of allylic oxidation sites excluding steroid dienone is 1. The zero-order valence-electron chi connectivity index (χ0n) is 16.8. The Bertz CT molecular complexity index is 1360. The standard InChI is InChI=1S/C23H18ClIN2O3S/c1-3-30-22(29)19-13(2)26-23-27(20(19)15-6-8-16(24)9-7-15)21(28)18(31-23)12-14-4-10-17(25)11-5-14/h4-12,20H,3H2,1-2H3/b18-12+/t20-/m1/s1. The van der Waals surface area contributed by atoms with E-state index in [4.69, 9.17) is 16.3 Å². The van der Waals surface area contributed by atoms with Crippen LogP contribution >= 0.6 is 45.5 Å². The zero-order valence-corrected chi connectivity index (χ0v) is 20.5. The van der Waals surface area contributed by atoms with E-state index < -0.39 is 12.0 Å². The van der Waals surface area contributed by atoms with Gasteiger partial charge in [-0.2, -0.15) is 0 Å². The van der Waals surface area contributed by atoms with Crippen molar-refractivity contribution in [3.8, 4) is 0 Å². The van der Waals surface area contributed by atoms with Gasteiger partial charge in [-0.25, -0.2) is 9.79 Å². The molecule has 158 valence electrons. The van der Waals surface area contributed by atoms with Crippen LogP contribution in [0.4, 0.5) is 0 Å². The SMILES string of the molecule is CCOC(=O)C1=C(C)N=c2s/c(=C/c3ccc(I)cc3)c(=O)n2[C@@H]1c1ccc(Cl)cc1. The zero-order chi connectivity index (χ0) is 22.1. The lowest BCUT2D eigenvalue weighted by Gasteiger charge is -2.24. The molecule has 3 aromatic rings. The van der Waals surface area contributed by atoms with Gasteiger partial charge in [-0.1, -0.05) is 47.2 Å². The number of fused-ring (bicyclic) bond motifs is 1. The lowest BCUT2D eigenvalue weighted by Crippen LogP contribution is -2.39. The second-order valence-corrected chi connectivity index (χ2v) is 9.60. The molecule has 0 N–H and O–H groups in total. The molecule has 0 bridgehead atoms.